The number of aromatic nitrogens is 3. The van der Waals surface area contributed by atoms with E-state index in [1.54, 1.807) is 24.6 Å². The molecule has 0 spiro atoms. The van der Waals surface area contributed by atoms with Gasteiger partial charge in [-0.25, -0.2) is 0 Å². The molecule has 0 unspecified atom stereocenters. The van der Waals surface area contributed by atoms with Gasteiger partial charge in [0.15, 0.2) is 5.01 Å². The molecule has 18 heavy (non-hydrogen) atoms. The Labute approximate surface area is 118 Å². The first-order valence-electron chi connectivity index (χ1n) is 5.44. The lowest BCUT2D eigenvalue weighted by atomic mass is 10.4. The summed E-state index contributed by atoms with van der Waals surface area (Å²) in [7, 11) is 1.68. The normalized spacial score (nSPS) is 10.8. The van der Waals surface area contributed by atoms with Crippen LogP contribution in [0, 0.1) is 0 Å². The van der Waals surface area contributed by atoms with Crippen molar-refractivity contribution in [2.45, 2.75) is 6.54 Å². The number of methoxy groups -OCH3 is 1. The smallest absolute Gasteiger partial charge is 0.167 e. The molecule has 0 radical (unpaired) electrons. The van der Waals surface area contributed by atoms with E-state index in [-0.39, 0.29) is 0 Å². The van der Waals surface area contributed by atoms with Gasteiger partial charge >= 0.3 is 0 Å². The van der Waals surface area contributed by atoms with Gasteiger partial charge in [0, 0.05) is 30.9 Å². The molecule has 0 aliphatic rings. The first-order chi connectivity index (χ1) is 8.81. The van der Waals surface area contributed by atoms with Crippen LogP contribution < -0.4 is 5.32 Å². The average molecular weight is 329 g/mol. The zero-order valence-corrected chi connectivity index (χ0v) is 12.3. The molecule has 0 saturated heterocycles. The van der Waals surface area contributed by atoms with Crippen molar-refractivity contribution in [1.82, 2.24) is 20.5 Å². The number of ether oxygens (including phenoxy) is 1. The van der Waals surface area contributed by atoms with Gasteiger partial charge in [-0.15, -0.1) is 10.2 Å². The van der Waals surface area contributed by atoms with Crippen LogP contribution in [0.4, 0.5) is 0 Å². The SMILES string of the molecule is COCCNCc1nnc(-c2ncccc2Br)s1. The molecular weight excluding hydrogens is 316 g/mol. The van der Waals surface area contributed by atoms with Crippen molar-refractivity contribution in [2.75, 3.05) is 20.3 Å². The molecule has 2 aromatic heterocycles. The van der Waals surface area contributed by atoms with Crippen LogP contribution in [-0.2, 0) is 11.3 Å². The highest BCUT2D eigenvalue weighted by Gasteiger charge is 2.10. The highest BCUT2D eigenvalue weighted by Crippen LogP contribution is 2.27. The van der Waals surface area contributed by atoms with Crippen molar-refractivity contribution < 1.29 is 4.74 Å². The van der Waals surface area contributed by atoms with Gasteiger partial charge in [-0.3, -0.25) is 4.98 Å². The minimum atomic E-state index is 0.692. The number of nitrogens with one attached hydrogen (secondary N) is 1. The number of rotatable bonds is 6. The third kappa shape index (κ3) is 3.55. The highest BCUT2D eigenvalue weighted by molar-refractivity contribution is 9.10. The lowest BCUT2D eigenvalue weighted by Gasteiger charge is -1.99. The predicted octanol–water partition coefficient (Wildman–Crippen LogP) is 2.10. The molecule has 2 rings (SSSR count). The molecular formula is C11H13BrN4OS. The molecule has 1 N–H and O–H groups in total. The minimum absolute atomic E-state index is 0.692. The summed E-state index contributed by atoms with van der Waals surface area (Å²) in [5.41, 5.74) is 0.832. The van der Waals surface area contributed by atoms with E-state index in [2.05, 4.69) is 36.4 Å². The van der Waals surface area contributed by atoms with Crippen molar-refractivity contribution in [3.63, 3.8) is 0 Å². The van der Waals surface area contributed by atoms with Gasteiger partial charge in [-0.1, -0.05) is 11.3 Å². The Morgan fingerprint density at radius 1 is 1.44 bits per heavy atom. The Morgan fingerprint density at radius 3 is 3.11 bits per heavy atom. The number of halogens is 1. The van der Waals surface area contributed by atoms with Gasteiger partial charge < -0.3 is 10.1 Å². The van der Waals surface area contributed by atoms with Crippen molar-refractivity contribution in [2.24, 2.45) is 0 Å². The lowest BCUT2D eigenvalue weighted by Crippen LogP contribution is -2.18. The van der Waals surface area contributed by atoms with Crippen LogP contribution in [0.25, 0.3) is 10.7 Å². The zero-order valence-electron chi connectivity index (χ0n) is 9.89. The van der Waals surface area contributed by atoms with Crippen LogP contribution in [0.15, 0.2) is 22.8 Å². The Hall–Kier alpha value is -0.890. The van der Waals surface area contributed by atoms with Gasteiger partial charge in [0.2, 0.25) is 0 Å². The van der Waals surface area contributed by atoms with Crippen LogP contribution in [0.1, 0.15) is 5.01 Å². The molecule has 2 heterocycles. The largest absolute Gasteiger partial charge is 0.383 e. The lowest BCUT2D eigenvalue weighted by molar-refractivity contribution is 0.199. The summed E-state index contributed by atoms with van der Waals surface area (Å²) in [5.74, 6) is 0. The van der Waals surface area contributed by atoms with Crippen LogP contribution in [0.3, 0.4) is 0 Å². The predicted molar refractivity (Wildman–Crippen MR) is 74.4 cm³/mol. The van der Waals surface area contributed by atoms with E-state index in [1.807, 2.05) is 12.1 Å². The summed E-state index contributed by atoms with van der Waals surface area (Å²) in [6, 6.07) is 3.82. The van der Waals surface area contributed by atoms with Gasteiger partial charge in [-0.05, 0) is 28.1 Å². The Balaban J connectivity index is 2.00. The van der Waals surface area contributed by atoms with Crippen molar-refractivity contribution in [1.29, 1.82) is 0 Å². The first kappa shape index (κ1) is 13.5. The Morgan fingerprint density at radius 2 is 2.33 bits per heavy atom. The number of hydrogen-bond acceptors (Lipinski definition) is 6. The van der Waals surface area contributed by atoms with E-state index >= 15 is 0 Å². The van der Waals surface area contributed by atoms with E-state index in [0.717, 1.165) is 26.7 Å². The Kier molecular flexibility index (Phi) is 5.18. The van der Waals surface area contributed by atoms with E-state index in [4.69, 9.17) is 4.74 Å². The molecule has 5 nitrogen and oxygen atoms in total. The van der Waals surface area contributed by atoms with Gasteiger partial charge in [0.1, 0.15) is 10.7 Å². The summed E-state index contributed by atoms with van der Waals surface area (Å²) in [5, 5.41) is 13.3. The molecule has 0 aliphatic heterocycles. The monoisotopic (exact) mass is 328 g/mol. The topological polar surface area (TPSA) is 59.9 Å². The maximum atomic E-state index is 4.96. The molecule has 0 aliphatic carbocycles. The van der Waals surface area contributed by atoms with Gasteiger partial charge in [0.25, 0.3) is 0 Å². The molecule has 0 bridgehead atoms. The van der Waals surface area contributed by atoms with Crippen LogP contribution in [-0.4, -0.2) is 35.4 Å². The minimum Gasteiger partial charge on any atom is -0.383 e. The fourth-order valence-electron chi connectivity index (χ4n) is 1.33. The molecule has 2 aromatic rings. The van der Waals surface area contributed by atoms with Crippen LogP contribution in [0.2, 0.25) is 0 Å². The molecule has 0 fully saturated rings. The molecule has 7 heteroatoms. The molecule has 0 atom stereocenters. The zero-order chi connectivity index (χ0) is 12.8. The summed E-state index contributed by atoms with van der Waals surface area (Å²) in [6.45, 7) is 2.20. The second kappa shape index (κ2) is 6.89. The van der Waals surface area contributed by atoms with E-state index < -0.39 is 0 Å². The molecule has 0 saturated carbocycles. The standard InChI is InChI=1S/C11H13BrN4OS/c1-17-6-5-13-7-9-15-16-11(18-9)10-8(12)3-2-4-14-10/h2-4,13H,5-7H2,1H3. The summed E-state index contributed by atoms with van der Waals surface area (Å²) in [4.78, 5) is 4.29. The first-order valence-corrected chi connectivity index (χ1v) is 7.05. The Bertz CT molecular complexity index is 505. The number of nitrogens with zero attached hydrogens (tertiary/aromatic N) is 3. The van der Waals surface area contributed by atoms with E-state index in [0.29, 0.717) is 13.2 Å². The summed E-state index contributed by atoms with van der Waals surface area (Å²) >= 11 is 5.00. The van der Waals surface area contributed by atoms with Crippen molar-refractivity contribution >= 4 is 27.3 Å². The maximum Gasteiger partial charge on any atom is 0.167 e. The number of pyridine rings is 1. The number of hydrogen-bond donors (Lipinski definition) is 1. The van der Waals surface area contributed by atoms with Crippen molar-refractivity contribution in [3.8, 4) is 10.7 Å². The average Bonchev–Trinajstić information content (AvgIpc) is 2.84. The molecule has 96 valence electrons. The second-order valence-electron chi connectivity index (χ2n) is 3.50. The quantitative estimate of drug-likeness (QED) is 0.823. The molecule has 0 amide bonds. The van der Waals surface area contributed by atoms with E-state index in [9.17, 15) is 0 Å². The fraction of sp³-hybridized carbons (Fsp3) is 0.364. The van der Waals surface area contributed by atoms with Crippen molar-refractivity contribution in [3.05, 3.63) is 27.8 Å². The van der Waals surface area contributed by atoms with Gasteiger partial charge in [0.05, 0.1) is 6.61 Å². The van der Waals surface area contributed by atoms with Crippen LogP contribution in [0.5, 0.6) is 0 Å². The van der Waals surface area contributed by atoms with E-state index in [1.165, 1.54) is 0 Å². The summed E-state index contributed by atoms with van der Waals surface area (Å²) in [6.07, 6.45) is 1.75. The van der Waals surface area contributed by atoms with Crippen LogP contribution >= 0.6 is 27.3 Å². The maximum absolute atomic E-state index is 4.96. The molecule has 0 aromatic carbocycles. The third-order valence-electron chi connectivity index (χ3n) is 2.19. The fourth-order valence-corrected chi connectivity index (χ4v) is 2.73. The second-order valence-corrected chi connectivity index (χ2v) is 5.42. The third-order valence-corrected chi connectivity index (χ3v) is 3.76. The highest BCUT2D eigenvalue weighted by atomic mass is 79.9. The van der Waals surface area contributed by atoms with Gasteiger partial charge in [-0.2, -0.15) is 0 Å². The summed E-state index contributed by atoms with van der Waals surface area (Å²) < 4.78 is 5.89.